The first-order valence-electron chi connectivity index (χ1n) is 9.34. The Kier molecular flexibility index (Phi) is 9.98. The fraction of sp³-hybridized carbons (Fsp3) is 0.833. The molecule has 0 aromatic carbocycles. The van der Waals surface area contributed by atoms with E-state index in [0.29, 0.717) is 19.4 Å². The third-order valence-electron chi connectivity index (χ3n) is 4.01. The van der Waals surface area contributed by atoms with E-state index in [1.165, 1.54) is 0 Å². The van der Waals surface area contributed by atoms with Crippen molar-refractivity contribution in [2.45, 2.75) is 90.4 Å². The van der Waals surface area contributed by atoms with Crippen LogP contribution in [0.25, 0.3) is 0 Å². The number of nitrogens with one attached hydrogen (secondary N) is 1. The van der Waals surface area contributed by atoms with E-state index < -0.39 is 18.3 Å². The van der Waals surface area contributed by atoms with Gasteiger partial charge in [-0.2, -0.15) is 5.10 Å². The molecule has 6 nitrogen and oxygen atoms in total. The van der Waals surface area contributed by atoms with E-state index in [1.54, 1.807) is 5.12 Å². The summed E-state index contributed by atoms with van der Waals surface area (Å²) in [4.78, 5) is 0. The lowest BCUT2D eigenvalue weighted by Gasteiger charge is -2.30. The van der Waals surface area contributed by atoms with Crippen molar-refractivity contribution in [2.24, 2.45) is 5.10 Å². The Morgan fingerprint density at radius 3 is 2.04 bits per heavy atom. The number of nitrogens with zero attached hydrogens (tertiary/aromatic N) is 2. The minimum absolute atomic E-state index is 0.391. The third-order valence-corrected chi connectivity index (χ3v) is 4.01. The second kappa shape index (κ2) is 11.4. The Bertz CT molecular complexity index is 412. The molecule has 0 radical (unpaired) electrons. The summed E-state index contributed by atoms with van der Waals surface area (Å²) in [5.74, 6) is 0. The molecule has 0 amide bonds. The van der Waals surface area contributed by atoms with Crippen molar-refractivity contribution in [1.82, 2.24) is 10.5 Å². The maximum absolute atomic E-state index is 10.1. The van der Waals surface area contributed by atoms with Gasteiger partial charge in [-0.1, -0.05) is 40.0 Å². The predicted octanol–water partition coefficient (Wildman–Crippen LogP) is 2.31. The minimum atomic E-state index is -0.451. The maximum atomic E-state index is 10.1. The highest BCUT2D eigenvalue weighted by Gasteiger charge is 2.19. The number of aliphatic hydroxyl groups is 3. The third kappa shape index (κ3) is 8.13. The van der Waals surface area contributed by atoms with Crippen molar-refractivity contribution in [1.29, 1.82) is 0 Å². The van der Waals surface area contributed by atoms with Crippen LogP contribution in [0.3, 0.4) is 0 Å². The summed E-state index contributed by atoms with van der Waals surface area (Å²) in [7, 11) is 0. The second-order valence-electron chi connectivity index (χ2n) is 6.69. The highest BCUT2D eigenvalue weighted by molar-refractivity contribution is 5.96. The van der Waals surface area contributed by atoms with Gasteiger partial charge in [-0.15, -0.1) is 0 Å². The zero-order chi connectivity index (χ0) is 17.9. The largest absolute Gasteiger partial charge is 0.393 e. The molecule has 0 saturated carbocycles. The van der Waals surface area contributed by atoms with Crippen LogP contribution in [0.1, 0.15) is 72.1 Å². The normalized spacial score (nSPS) is 18.5. The summed E-state index contributed by atoms with van der Waals surface area (Å²) in [6.45, 7) is 6.52. The molecule has 140 valence electrons. The fourth-order valence-corrected chi connectivity index (χ4v) is 2.89. The molecule has 0 spiro atoms. The van der Waals surface area contributed by atoms with Gasteiger partial charge in [-0.25, -0.2) is 5.12 Å². The quantitative estimate of drug-likeness (QED) is 0.437. The highest BCUT2D eigenvalue weighted by Crippen LogP contribution is 2.16. The van der Waals surface area contributed by atoms with E-state index in [4.69, 9.17) is 0 Å². The highest BCUT2D eigenvalue weighted by atomic mass is 16.3. The molecule has 1 rings (SSSR count). The lowest BCUT2D eigenvalue weighted by atomic mass is 10.0. The molecule has 3 atom stereocenters. The van der Waals surface area contributed by atoms with Crippen LogP contribution in [-0.2, 0) is 0 Å². The first-order chi connectivity index (χ1) is 11.5. The zero-order valence-electron chi connectivity index (χ0n) is 15.4. The summed E-state index contributed by atoms with van der Waals surface area (Å²) in [6, 6.07) is 0. The number of aliphatic hydroxyl groups excluding tert-OH is 3. The van der Waals surface area contributed by atoms with Gasteiger partial charge in [0.1, 0.15) is 0 Å². The predicted molar refractivity (Wildman–Crippen MR) is 97.3 cm³/mol. The standard InChI is InChI=1S/C18H35N3O3/c1-4-7-16(22)11-14-10-15(12-17(23)8-5-2)20-21(19-14)13-18(24)9-6-3/h10,16-19,22-24H,4-9,11-13H2,1-3H3. The van der Waals surface area contributed by atoms with E-state index in [2.05, 4.69) is 10.5 Å². The van der Waals surface area contributed by atoms with Crippen LogP contribution in [0.2, 0.25) is 0 Å². The van der Waals surface area contributed by atoms with Gasteiger partial charge in [-0.3, -0.25) is 5.43 Å². The Morgan fingerprint density at radius 1 is 0.917 bits per heavy atom. The number of β-amino-alcohol motifs (C(OH)–C–C–N with tert-alkyl or cyclic N) is 1. The summed E-state index contributed by atoms with van der Waals surface area (Å²) < 4.78 is 0. The van der Waals surface area contributed by atoms with E-state index in [-0.39, 0.29) is 0 Å². The Morgan fingerprint density at radius 2 is 1.46 bits per heavy atom. The van der Waals surface area contributed by atoms with Gasteiger partial charge in [0.2, 0.25) is 0 Å². The summed E-state index contributed by atoms with van der Waals surface area (Å²) in [6.07, 6.45) is 6.67. The molecule has 1 aliphatic heterocycles. The van der Waals surface area contributed by atoms with Crippen molar-refractivity contribution in [3.63, 3.8) is 0 Å². The van der Waals surface area contributed by atoms with Gasteiger partial charge in [0.05, 0.1) is 30.6 Å². The number of hydrogen-bond donors (Lipinski definition) is 4. The molecule has 4 N–H and O–H groups in total. The van der Waals surface area contributed by atoms with Gasteiger partial charge < -0.3 is 15.3 Å². The number of allylic oxidation sites excluding steroid dienone is 1. The van der Waals surface area contributed by atoms with Crippen LogP contribution in [0.15, 0.2) is 16.9 Å². The Labute approximate surface area is 146 Å². The van der Waals surface area contributed by atoms with Crippen molar-refractivity contribution in [3.05, 3.63) is 11.8 Å². The smallest absolute Gasteiger partial charge is 0.0844 e. The van der Waals surface area contributed by atoms with Gasteiger partial charge in [0.25, 0.3) is 0 Å². The molecule has 0 aromatic rings. The molecule has 0 saturated heterocycles. The van der Waals surface area contributed by atoms with Gasteiger partial charge in [0.15, 0.2) is 0 Å². The van der Waals surface area contributed by atoms with E-state index in [9.17, 15) is 15.3 Å². The maximum Gasteiger partial charge on any atom is 0.0844 e. The van der Waals surface area contributed by atoms with Gasteiger partial charge >= 0.3 is 0 Å². The number of hydrazone groups is 1. The Balaban J connectivity index is 2.75. The molecular formula is C18H35N3O3. The number of hydrazine groups is 1. The van der Waals surface area contributed by atoms with Crippen LogP contribution in [0.4, 0.5) is 0 Å². The molecule has 3 unspecified atom stereocenters. The summed E-state index contributed by atoms with van der Waals surface area (Å²) >= 11 is 0. The molecule has 6 heteroatoms. The van der Waals surface area contributed by atoms with Crippen LogP contribution in [0, 0.1) is 0 Å². The average molecular weight is 341 g/mol. The van der Waals surface area contributed by atoms with Gasteiger partial charge in [-0.05, 0) is 25.3 Å². The second-order valence-corrected chi connectivity index (χ2v) is 6.69. The lowest BCUT2D eigenvalue weighted by Crippen LogP contribution is -2.42. The van der Waals surface area contributed by atoms with Crippen molar-refractivity contribution >= 4 is 5.71 Å². The lowest BCUT2D eigenvalue weighted by molar-refractivity contribution is 0.0794. The van der Waals surface area contributed by atoms with Crippen LogP contribution in [-0.4, -0.2) is 51.0 Å². The first-order valence-corrected chi connectivity index (χ1v) is 9.34. The Hall–Kier alpha value is -1.11. The zero-order valence-corrected chi connectivity index (χ0v) is 15.4. The average Bonchev–Trinajstić information content (AvgIpc) is 2.47. The van der Waals surface area contributed by atoms with Crippen molar-refractivity contribution in [2.75, 3.05) is 6.54 Å². The van der Waals surface area contributed by atoms with E-state index >= 15 is 0 Å². The fourth-order valence-electron chi connectivity index (χ4n) is 2.89. The summed E-state index contributed by atoms with van der Waals surface area (Å²) in [5, 5.41) is 36.3. The molecule has 0 fully saturated rings. The van der Waals surface area contributed by atoms with E-state index in [0.717, 1.165) is 49.9 Å². The molecular weight excluding hydrogens is 306 g/mol. The van der Waals surface area contributed by atoms with Crippen LogP contribution in [0.5, 0.6) is 0 Å². The number of hydrogen-bond acceptors (Lipinski definition) is 6. The topological polar surface area (TPSA) is 88.3 Å². The van der Waals surface area contributed by atoms with Crippen molar-refractivity contribution < 1.29 is 15.3 Å². The van der Waals surface area contributed by atoms with Crippen LogP contribution < -0.4 is 5.43 Å². The molecule has 1 heterocycles. The molecule has 24 heavy (non-hydrogen) atoms. The molecule has 0 aromatic heterocycles. The monoisotopic (exact) mass is 341 g/mol. The molecule has 0 aliphatic carbocycles. The van der Waals surface area contributed by atoms with Gasteiger partial charge in [0, 0.05) is 18.5 Å². The SMILES string of the molecule is CCCC(O)CC1=CC(CC(O)CCC)=NN(CC(O)CCC)N1. The van der Waals surface area contributed by atoms with E-state index in [1.807, 2.05) is 26.8 Å². The molecule has 1 aliphatic rings. The number of rotatable bonds is 12. The van der Waals surface area contributed by atoms with Crippen molar-refractivity contribution in [3.8, 4) is 0 Å². The first kappa shape index (κ1) is 20.9. The minimum Gasteiger partial charge on any atom is -0.393 e. The van der Waals surface area contributed by atoms with Crippen LogP contribution >= 0.6 is 0 Å². The molecule has 0 bridgehead atoms. The summed E-state index contributed by atoms with van der Waals surface area (Å²) in [5.41, 5.74) is 4.84.